The average molecular weight is 318 g/mol. The number of carbonyl (C=O) groups is 1. The van der Waals surface area contributed by atoms with Crippen molar-refractivity contribution in [3.05, 3.63) is 0 Å². The zero-order valence-electron chi connectivity index (χ0n) is 13.1. The summed E-state index contributed by atoms with van der Waals surface area (Å²) in [7, 11) is 0. The minimum atomic E-state index is -1.60. The van der Waals surface area contributed by atoms with Crippen molar-refractivity contribution in [2.75, 3.05) is 0 Å². The molecule has 0 radical (unpaired) electrons. The molecule has 3 N–H and O–H groups in total. The molecule has 0 aliphatic carbocycles. The summed E-state index contributed by atoms with van der Waals surface area (Å²) in [5.74, 6) is -2.16. The molecule has 0 fully saturated rings. The van der Waals surface area contributed by atoms with Crippen molar-refractivity contribution in [1.29, 1.82) is 0 Å². The molecular formula is C16H30O4S. The van der Waals surface area contributed by atoms with E-state index in [0.29, 0.717) is 6.42 Å². The molecule has 0 heterocycles. The molecule has 0 aromatic heterocycles. The van der Waals surface area contributed by atoms with Crippen LogP contribution in [0.5, 0.6) is 0 Å². The van der Waals surface area contributed by atoms with E-state index in [2.05, 4.69) is 19.1 Å². The standard InChI is InChI=1S/C16H30O4S/c1-2-3-4-5-6-7-8-9-10-11-12-13(16(20)21)14(17)15(18)19/h13-14,17H,2-12H2,1H3,(H,18,19)(H,20,21). The molecule has 0 bridgehead atoms. The molecule has 0 rings (SSSR count). The Labute approximate surface area is 133 Å². The van der Waals surface area contributed by atoms with Crippen LogP contribution in [0.2, 0.25) is 0 Å². The summed E-state index contributed by atoms with van der Waals surface area (Å²) in [5, 5.41) is 27.1. The van der Waals surface area contributed by atoms with E-state index < -0.39 is 23.0 Å². The number of hydrogen-bond acceptors (Lipinski definition) is 3. The van der Waals surface area contributed by atoms with Gasteiger partial charge in [0.15, 0.2) is 11.2 Å². The second-order valence-electron chi connectivity index (χ2n) is 5.70. The van der Waals surface area contributed by atoms with Crippen LogP contribution in [-0.4, -0.2) is 32.4 Å². The third kappa shape index (κ3) is 10.7. The van der Waals surface area contributed by atoms with Gasteiger partial charge in [-0.3, -0.25) is 0 Å². The third-order valence-corrected chi connectivity index (χ3v) is 4.12. The van der Waals surface area contributed by atoms with Crippen LogP contribution >= 0.6 is 12.2 Å². The lowest BCUT2D eigenvalue weighted by atomic mass is 9.95. The average Bonchev–Trinajstić information content (AvgIpc) is 2.43. The first-order chi connectivity index (χ1) is 10.0. The Balaban J connectivity index is 3.59. The highest BCUT2D eigenvalue weighted by Crippen LogP contribution is 2.17. The van der Waals surface area contributed by atoms with Gasteiger partial charge in [-0.15, -0.1) is 0 Å². The van der Waals surface area contributed by atoms with Gasteiger partial charge in [0.25, 0.3) is 0 Å². The van der Waals surface area contributed by atoms with Crippen LogP contribution in [0.25, 0.3) is 0 Å². The van der Waals surface area contributed by atoms with Crippen LogP contribution in [-0.2, 0) is 4.79 Å². The highest BCUT2D eigenvalue weighted by Gasteiger charge is 2.28. The number of carboxylic acids is 1. The molecule has 0 spiro atoms. The molecule has 0 saturated heterocycles. The number of thiocarbonyl (C=S) groups is 1. The maximum Gasteiger partial charge on any atom is 0.333 e. The van der Waals surface area contributed by atoms with E-state index in [9.17, 15) is 15.0 Å². The summed E-state index contributed by atoms with van der Waals surface area (Å²) in [6.45, 7) is 2.21. The summed E-state index contributed by atoms with van der Waals surface area (Å²) >= 11 is 4.61. The minimum Gasteiger partial charge on any atom is -0.502 e. The van der Waals surface area contributed by atoms with Crippen LogP contribution in [0.1, 0.15) is 77.6 Å². The highest BCUT2D eigenvalue weighted by molar-refractivity contribution is 7.80. The van der Waals surface area contributed by atoms with Crippen LogP contribution < -0.4 is 0 Å². The fourth-order valence-corrected chi connectivity index (χ4v) is 2.69. The molecule has 5 heteroatoms. The van der Waals surface area contributed by atoms with Crippen molar-refractivity contribution in [3.8, 4) is 0 Å². The predicted molar refractivity (Wildman–Crippen MR) is 88.8 cm³/mol. The lowest BCUT2D eigenvalue weighted by molar-refractivity contribution is -0.148. The Morgan fingerprint density at radius 2 is 1.33 bits per heavy atom. The van der Waals surface area contributed by atoms with Gasteiger partial charge in [-0.2, -0.15) is 0 Å². The Kier molecular flexibility index (Phi) is 12.6. The molecule has 0 aliphatic rings. The lowest BCUT2D eigenvalue weighted by Gasteiger charge is -2.17. The Bertz CT molecular complexity index is 294. The van der Waals surface area contributed by atoms with E-state index >= 15 is 0 Å². The zero-order chi connectivity index (χ0) is 16.1. The van der Waals surface area contributed by atoms with Crippen molar-refractivity contribution in [3.63, 3.8) is 0 Å². The molecule has 4 nitrogen and oxygen atoms in total. The summed E-state index contributed by atoms with van der Waals surface area (Å²) < 4.78 is 0. The van der Waals surface area contributed by atoms with Crippen molar-refractivity contribution in [1.82, 2.24) is 0 Å². The molecule has 0 amide bonds. The summed E-state index contributed by atoms with van der Waals surface area (Å²) in [6, 6.07) is 0. The monoisotopic (exact) mass is 318 g/mol. The maximum absolute atomic E-state index is 10.7. The third-order valence-electron chi connectivity index (χ3n) is 3.82. The molecule has 124 valence electrons. The van der Waals surface area contributed by atoms with Gasteiger partial charge in [-0.25, -0.2) is 4.79 Å². The van der Waals surface area contributed by atoms with Crippen LogP contribution in [0, 0.1) is 5.92 Å². The van der Waals surface area contributed by atoms with Crippen molar-refractivity contribution in [2.45, 2.75) is 83.7 Å². The summed E-state index contributed by atoms with van der Waals surface area (Å²) in [4.78, 5) is 10.7. The topological polar surface area (TPSA) is 77.8 Å². The number of aliphatic hydroxyl groups excluding tert-OH is 2. The van der Waals surface area contributed by atoms with Crippen LogP contribution in [0.4, 0.5) is 0 Å². The van der Waals surface area contributed by atoms with Crippen LogP contribution in [0.15, 0.2) is 0 Å². The van der Waals surface area contributed by atoms with Gasteiger partial charge in [0, 0.05) is 0 Å². The van der Waals surface area contributed by atoms with E-state index in [-0.39, 0.29) is 0 Å². The number of unbranched alkanes of at least 4 members (excludes halogenated alkanes) is 9. The SMILES string of the molecule is CCCCCCCCCCCCC(C(O)=S)C(O)C(=O)O. The minimum absolute atomic E-state index is 0.402. The zero-order valence-corrected chi connectivity index (χ0v) is 13.9. The largest absolute Gasteiger partial charge is 0.502 e. The van der Waals surface area contributed by atoms with Crippen molar-refractivity contribution < 1.29 is 20.1 Å². The van der Waals surface area contributed by atoms with E-state index in [0.717, 1.165) is 19.3 Å². The maximum atomic E-state index is 10.7. The molecular weight excluding hydrogens is 288 g/mol. The quantitative estimate of drug-likeness (QED) is 0.330. The predicted octanol–water partition coefficient (Wildman–Crippen LogP) is 4.24. The molecule has 0 aromatic carbocycles. The normalized spacial score (nSPS) is 13.8. The second kappa shape index (κ2) is 13.0. The van der Waals surface area contributed by atoms with E-state index in [4.69, 9.17) is 5.11 Å². The lowest BCUT2D eigenvalue weighted by Crippen LogP contribution is -2.33. The first kappa shape index (κ1) is 20.3. The van der Waals surface area contributed by atoms with Gasteiger partial charge < -0.3 is 15.3 Å². The number of aliphatic carboxylic acids is 1. The Hall–Kier alpha value is -0.680. The van der Waals surface area contributed by atoms with Gasteiger partial charge in [-0.05, 0) is 18.6 Å². The van der Waals surface area contributed by atoms with Crippen molar-refractivity contribution >= 4 is 23.2 Å². The van der Waals surface area contributed by atoms with E-state index in [1.807, 2.05) is 0 Å². The van der Waals surface area contributed by atoms with Gasteiger partial charge in [0.1, 0.15) is 0 Å². The molecule has 2 unspecified atom stereocenters. The van der Waals surface area contributed by atoms with E-state index in [1.165, 1.54) is 44.9 Å². The first-order valence-electron chi connectivity index (χ1n) is 8.14. The fourth-order valence-electron chi connectivity index (χ4n) is 2.44. The number of hydrogen-bond donors (Lipinski definition) is 3. The summed E-state index contributed by atoms with van der Waals surface area (Å²) in [6.07, 6.45) is 10.7. The second-order valence-corrected chi connectivity index (χ2v) is 6.12. The van der Waals surface area contributed by atoms with E-state index in [1.54, 1.807) is 0 Å². The van der Waals surface area contributed by atoms with Gasteiger partial charge in [-0.1, -0.05) is 71.1 Å². The number of aliphatic hydroxyl groups is 2. The Morgan fingerprint density at radius 1 is 0.905 bits per heavy atom. The molecule has 2 atom stereocenters. The molecule has 0 aromatic rings. The number of carboxylic acid groups (broad SMARTS) is 1. The fraction of sp³-hybridized carbons (Fsp3) is 0.875. The van der Waals surface area contributed by atoms with Gasteiger partial charge in [0.05, 0.1) is 5.92 Å². The summed E-state index contributed by atoms with van der Waals surface area (Å²) in [5.41, 5.74) is 0. The van der Waals surface area contributed by atoms with Crippen molar-refractivity contribution in [2.24, 2.45) is 5.92 Å². The van der Waals surface area contributed by atoms with Crippen LogP contribution in [0.3, 0.4) is 0 Å². The highest BCUT2D eigenvalue weighted by atomic mass is 32.1. The molecule has 21 heavy (non-hydrogen) atoms. The smallest absolute Gasteiger partial charge is 0.333 e. The van der Waals surface area contributed by atoms with Gasteiger partial charge >= 0.3 is 5.97 Å². The molecule has 0 saturated carbocycles. The van der Waals surface area contributed by atoms with Gasteiger partial charge in [0.2, 0.25) is 0 Å². The molecule has 0 aliphatic heterocycles. The first-order valence-corrected chi connectivity index (χ1v) is 8.55. The number of rotatable bonds is 14. The Morgan fingerprint density at radius 3 is 1.71 bits per heavy atom.